The highest BCUT2D eigenvalue weighted by atomic mass is 16.8. The predicted octanol–water partition coefficient (Wildman–Crippen LogP) is 6.32. The van der Waals surface area contributed by atoms with Gasteiger partial charge in [0.1, 0.15) is 30.5 Å². The first-order valence-corrected chi connectivity index (χ1v) is 19.2. The number of carbonyl (C=O) groups excluding carboxylic acids is 2. The number of rotatable bonds is 18. The monoisotopic (exact) mass is 784 g/mol. The molecule has 304 valence electrons. The summed E-state index contributed by atoms with van der Waals surface area (Å²) < 4.78 is 63.8. The van der Waals surface area contributed by atoms with E-state index >= 15 is 0 Å². The normalized spacial score (nSPS) is 27.4. The standard InChI is InChI=1S/C45H52O12/c1-30-38(54-31(2)46)41(55-32(3)47)42(52-28-36-23-15-8-16-24-36)45(53-30)57-43-40(51-27-35-21-13-7-14-22-35)39(50-26-34-19-11-6-12-20-34)37(56-44(43)48-4)29-49-25-33-17-9-5-10-18-33/h5-24,30,37-45H,25-29H2,1-4H3/t30-,37+,38+,39+,40-,41+,42-,43-,44-,45-/m0/s1. The zero-order valence-electron chi connectivity index (χ0n) is 32.8. The lowest BCUT2D eigenvalue weighted by molar-refractivity contribution is -0.374. The van der Waals surface area contributed by atoms with Crippen molar-refractivity contribution in [2.75, 3.05) is 13.7 Å². The van der Waals surface area contributed by atoms with Crippen LogP contribution in [0.4, 0.5) is 0 Å². The van der Waals surface area contributed by atoms with E-state index in [1.165, 1.54) is 21.0 Å². The van der Waals surface area contributed by atoms with Crippen molar-refractivity contribution < 1.29 is 57.0 Å². The Hall–Kier alpha value is -4.50. The lowest BCUT2D eigenvalue weighted by Gasteiger charge is -2.49. The maximum Gasteiger partial charge on any atom is 0.303 e. The molecule has 2 aliphatic heterocycles. The summed E-state index contributed by atoms with van der Waals surface area (Å²) in [6.07, 6.45) is -9.30. The van der Waals surface area contributed by atoms with E-state index in [4.69, 9.17) is 47.4 Å². The minimum atomic E-state index is -1.19. The van der Waals surface area contributed by atoms with Crippen LogP contribution in [0.15, 0.2) is 121 Å². The van der Waals surface area contributed by atoms with Gasteiger partial charge in [-0.25, -0.2) is 0 Å². The minimum absolute atomic E-state index is 0.111. The highest BCUT2D eigenvalue weighted by Crippen LogP contribution is 2.36. The molecular weight excluding hydrogens is 732 g/mol. The van der Waals surface area contributed by atoms with Crippen LogP contribution in [0, 0.1) is 0 Å². The van der Waals surface area contributed by atoms with Crippen LogP contribution in [0.5, 0.6) is 0 Å². The maximum absolute atomic E-state index is 12.6. The molecular formula is C45H52O12. The second-order valence-corrected chi connectivity index (χ2v) is 14.0. The topological polar surface area (TPSA) is 126 Å². The van der Waals surface area contributed by atoms with Crippen LogP contribution in [-0.4, -0.2) is 87.1 Å². The molecule has 57 heavy (non-hydrogen) atoms. The van der Waals surface area contributed by atoms with Crippen molar-refractivity contribution >= 4 is 11.9 Å². The molecule has 0 aromatic heterocycles. The van der Waals surface area contributed by atoms with Gasteiger partial charge in [0, 0.05) is 21.0 Å². The Balaban J connectivity index is 1.34. The number of esters is 2. The fraction of sp³-hybridized carbons (Fsp3) is 0.422. The molecule has 2 aliphatic rings. The zero-order chi connectivity index (χ0) is 40.0. The third kappa shape index (κ3) is 12.0. The predicted molar refractivity (Wildman–Crippen MR) is 207 cm³/mol. The molecule has 4 aromatic rings. The second kappa shape index (κ2) is 21.3. The molecule has 0 bridgehead atoms. The van der Waals surface area contributed by atoms with Gasteiger partial charge in [-0.05, 0) is 29.2 Å². The average Bonchev–Trinajstić information content (AvgIpc) is 3.22. The molecule has 0 unspecified atom stereocenters. The molecule has 2 saturated heterocycles. The maximum atomic E-state index is 12.6. The van der Waals surface area contributed by atoms with Crippen LogP contribution in [-0.2, 0) is 83.4 Å². The van der Waals surface area contributed by atoms with E-state index in [2.05, 4.69) is 0 Å². The Morgan fingerprint density at radius 3 is 1.42 bits per heavy atom. The number of ether oxygens (including phenoxy) is 10. The summed E-state index contributed by atoms with van der Waals surface area (Å²) in [5, 5.41) is 0. The Morgan fingerprint density at radius 1 is 0.509 bits per heavy atom. The molecule has 0 radical (unpaired) electrons. The molecule has 2 heterocycles. The van der Waals surface area contributed by atoms with Gasteiger partial charge in [0.15, 0.2) is 24.8 Å². The van der Waals surface area contributed by atoms with Gasteiger partial charge in [0.2, 0.25) is 0 Å². The van der Waals surface area contributed by atoms with Crippen molar-refractivity contribution in [2.24, 2.45) is 0 Å². The van der Waals surface area contributed by atoms with E-state index in [-0.39, 0.29) is 26.4 Å². The van der Waals surface area contributed by atoms with Crippen molar-refractivity contribution in [2.45, 2.75) is 109 Å². The zero-order valence-corrected chi connectivity index (χ0v) is 32.8. The first-order valence-electron chi connectivity index (χ1n) is 19.2. The van der Waals surface area contributed by atoms with E-state index in [1.54, 1.807) is 6.92 Å². The summed E-state index contributed by atoms with van der Waals surface area (Å²) in [5.41, 5.74) is 3.75. The van der Waals surface area contributed by atoms with Crippen LogP contribution in [0.25, 0.3) is 0 Å². The van der Waals surface area contributed by atoms with Gasteiger partial charge >= 0.3 is 11.9 Å². The number of hydrogen-bond acceptors (Lipinski definition) is 12. The Kier molecular flexibility index (Phi) is 15.7. The van der Waals surface area contributed by atoms with Crippen LogP contribution in [0.2, 0.25) is 0 Å². The molecule has 12 heteroatoms. The van der Waals surface area contributed by atoms with Crippen molar-refractivity contribution in [3.05, 3.63) is 144 Å². The molecule has 0 saturated carbocycles. The molecule has 0 amide bonds. The van der Waals surface area contributed by atoms with Crippen molar-refractivity contribution in [1.82, 2.24) is 0 Å². The van der Waals surface area contributed by atoms with E-state index in [0.717, 1.165) is 22.3 Å². The van der Waals surface area contributed by atoms with E-state index in [9.17, 15) is 9.59 Å². The summed E-state index contributed by atoms with van der Waals surface area (Å²) in [6, 6.07) is 39.0. The summed E-state index contributed by atoms with van der Waals surface area (Å²) >= 11 is 0. The van der Waals surface area contributed by atoms with E-state index in [1.807, 2.05) is 121 Å². The molecule has 6 rings (SSSR count). The van der Waals surface area contributed by atoms with E-state index < -0.39 is 73.4 Å². The molecule has 4 aromatic carbocycles. The molecule has 10 atom stereocenters. The highest BCUT2D eigenvalue weighted by molar-refractivity contribution is 5.67. The summed E-state index contributed by atoms with van der Waals surface area (Å²) in [4.78, 5) is 24.9. The Morgan fingerprint density at radius 2 is 0.947 bits per heavy atom. The molecule has 2 fully saturated rings. The largest absolute Gasteiger partial charge is 0.456 e. The molecule has 0 spiro atoms. The minimum Gasteiger partial charge on any atom is -0.456 e. The van der Waals surface area contributed by atoms with Gasteiger partial charge in [-0.2, -0.15) is 0 Å². The third-order valence-corrected chi connectivity index (χ3v) is 9.70. The van der Waals surface area contributed by atoms with Crippen molar-refractivity contribution in [3.63, 3.8) is 0 Å². The van der Waals surface area contributed by atoms with E-state index in [0.29, 0.717) is 6.61 Å². The Labute approximate surface area is 334 Å². The molecule has 12 nitrogen and oxygen atoms in total. The van der Waals surface area contributed by atoms with Crippen LogP contribution >= 0.6 is 0 Å². The van der Waals surface area contributed by atoms with Gasteiger partial charge in [-0.1, -0.05) is 121 Å². The molecule has 0 N–H and O–H groups in total. The Bertz CT molecular complexity index is 1780. The fourth-order valence-electron chi connectivity index (χ4n) is 7.00. The van der Waals surface area contributed by atoms with Gasteiger partial charge in [0.25, 0.3) is 0 Å². The van der Waals surface area contributed by atoms with Gasteiger partial charge in [0.05, 0.1) is 39.1 Å². The lowest BCUT2D eigenvalue weighted by atomic mass is 9.96. The summed E-state index contributed by atoms with van der Waals surface area (Å²) in [6.45, 7) is 5.37. The number of methoxy groups -OCH3 is 1. The van der Waals surface area contributed by atoms with Gasteiger partial charge in [-0.3, -0.25) is 9.59 Å². The smallest absolute Gasteiger partial charge is 0.303 e. The first kappa shape index (κ1) is 42.1. The van der Waals surface area contributed by atoms with Crippen molar-refractivity contribution in [3.8, 4) is 0 Å². The van der Waals surface area contributed by atoms with Gasteiger partial charge in [-0.15, -0.1) is 0 Å². The molecule has 0 aliphatic carbocycles. The van der Waals surface area contributed by atoms with Crippen LogP contribution < -0.4 is 0 Å². The first-order chi connectivity index (χ1) is 27.8. The second-order valence-electron chi connectivity index (χ2n) is 14.0. The lowest BCUT2D eigenvalue weighted by Crippen LogP contribution is -2.66. The number of carbonyl (C=O) groups is 2. The summed E-state index contributed by atoms with van der Waals surface area (Å²) in [7, 11) is 1.52. The highest BCUT2D eigenvalue weighted by Gasteiger charge is 2.55. The summed E-state index contributed by atoms with van der Waals surface area (Å²) in [5.74, 6) is -1.16. The number of benzene rings is 4. The SMILES string of the molecule is CO[C@H]1O[C@H](COCc2ccccc2)[C@@H](OCc2ccccc2)[C@H](OCc2ccccc2)[C@@H]1O[C@@H]1O[C@@H](C)[C@@H](OC(C)=O)[C@@H](OC(C)=O)[C@@H]1OCc1ccccc1. The van der Waals surface area contributed by atoms with Gasteiger partial charge < -0.3 is 47.4 Å². The third-order valence-electron chi connectivity index (χ3n) is 9.70. The number of hydrogen-bond donors (Lipinski definition) is 0. The average molecular weight is 785 g/mol. The van der Waals surface area contributed by atoms with Crippen molar-refractivity contribution in [1.29, 1.82) is 0 Å². The van der Waals surface area contributed by atoms with Crippen LogP contribution in [0.1, 0.15) is 43.0 Å². The fourth-order valence-corrected chi connectivity index (χ4v) is 7.00. The van der Waals surface area contributed by atoms with Crippen LogP contribution in [0.3, 0.4) is 0 Å². The quantitative estimate of drug-likeness (QED) is 0.105.